The molecule has 1 aliphatic rings. The quantitative estimate of drug-likeness (QED) is 0.213. The van der Waals surface area contributed by atoms with Crippen LogP contribution in [-0.2, 0) is 11.3 Å². The number of piperidine rings is 1. The van der Waals surface area contributed by atoms with Crippen molar-refractivity contribution in [1.82, 2.24) is 20.2 Å². The number of rotatable bonds is 7. The van der Waals surface area contributed by atoms with E-state index in [4.69, 9.17) is 10.2 Å². The van der Waals surface area contributed by atoms with E-state index in [0.717, 1.165) is 33.3 Å². The average Bonchev–Trinajstić information content (AvgIpc) is 3.46. The van der Waals surface area contributed by atoms with Crippen LogP contribution in [0.4, 0.5) is 14.6 Å². The first kappa shape index (κ1) is 28.7. The molecule has 1 aliphatic heterocycles. The number of carbonyl (C=O) groups is 2. The molecule has 6 rings (SSSR count). The van der Waals surface area contributed by atoms with E-state index in [1.165, 1.54) is 11.0 Å². The summed E-state index contributed by atoms with van der Waals surface area (Å²) in [6, 6.07) is 22.0. The van der Waals surface area contributed by atoms with Gasteiger partial charge in [0.05, 0.1) is 12.2 Å². The van der Waals surface area contributed by atoms with Gasteiger partial charge >= 0.3 is 0 Å². The molecule has 3 N–H and O–H groups in total. The first-order valence-corrected chi connectivity index (χ1v) is 14.2. The van der Waals surface area contributed by atoms with Crippen LogP contribution in [0.3, 0.4) is 0 Å². The van der Waals surface area contributed by atoms with E-state index >= 15 is 0 Å². The molecule has 0 unspecified atom stereocenters. The van der Waals surface area contributed by atoms with Crippen LogP contribution in [0.25, 0.3) is 39.4 Å². The monoisotopic (exact) mass is 593 g/mol. The van der Waals surface area contributed by atoms with Crippen LogP contribution in [0.2, 0.25) is 0 Å². The number of furan rings is 1. The molecule has 0 aliphatic carbocycles. The number of aromatic nitrogens is 2. The Kier molecular flexibility index (Phi) is 7.89. The van der Waals surface area contributed by atoms with E-state index in [9.17, 15) is 18.4 Å². The summed E-state index contributed by atoms with van der Waals surface area (Å²) < 4.78 is 33.3. The lowest BCUT2D eigenvalue weighted by Gasteiger charge is -2.31. The van der Waals surface area contributed by atoms with Gasteiger partial charge in [-0.2, -0.15) is 0 Å². The normalized spacial score (nSPS) is 14.6. The first-order valence-electron chi connectivity index (χ1n) is 14.2. The zero-order valence-corrected chi connectivity index (χ0v) is 23.7. The van der Waals surface area contributed by atoms with Gasteiger partial charge in [0.25, 0.3) is 11.8 Å². The minimum atomic E-state index is -2.71. The Morgan fingerprint density at radius 1 is 0.977 bits per heavy atom. The summed E-state index contributed by atoms with van der Waals surface area (Å²) in [5.74, 6) is -2.28. The summed E-state index contributed by atoms with van der Waals surface area (Å²) in [4.78, 5) is 35.4. The summed E-state index contributed by atoms with van der Waals surface area (Å²) in [7, 11) is 0. The molecule has 5 aromatic rings. The molecular formula is C34H29F2N5O3. The Labute approximate surface area is 252 Å². The SMILES string of the molecule is Nc1ccc(C=CC(=O)NCc2cc3cc(-c4ccc(C(=O)N5CCC(F)(F)CC5)cc4)cc(-c4ccccn4)c3o2)cn1. The highest BCUT2D eigenvalue weighted by atomic mass is 19.3. The number of nitrogen functional groups attached to an aromatic ring is 1. The Morgan fingerprint density at radius 3 is 2.48 bits per heavy atom. The maximum atomic E-state index is 13.6. The van der Waals surface area contributed by atoms with Crippen LogP contribution >= 0.6 is 0 Å². The van der Waals surface area contributed by atoms with Crippen LogP contribution in [0.1, 0.15) is 34.5 Å². The third-order valence-electron chi connectivity index (χ3n) is 7.53. The third kappa shape index (κ3) is 6.49. The topological polar surface area (TPSA) is 114 Å². The van der Waals surface area contributed by atoms with Crippen molar-refractivity contribution in [3.05, 3.63) is 108 Å². The number of alkyl halides is 2. The summed E-state index contributed by atoms with van der Waals surface area (Å²) >= 11 is 0. The summed E-state index contributed by atoms with van der Waals surface area (Å²) in [6.45, 7) is 0.253. The molecule has 2 aromatic carbocycles. The summed E-state index contributed by atoms with van der Waals surface area (Å²) in [6.07, 6.45) is 5.72. The molecule has 10 heteroatoms. The number of nitrogens with zero attached hydrogens (tertiary/aromatic N) is 3. The van der Waals surface area contributed by atoms with Crippen molar-refractivity contribution in [2.24, 2.45) is 0 Å². The number of benzene rings is 2. The van der Waals surface area contributed by atoms with Crippen LogP contribution in [0.15, 0.2) is 95.7 Å². The van der Waals surface area contributed by atoms with Gasteiger partial charge in [-0.1, -0.05) is 18.2 Å². The number of nitrogens with one attached hydrogen (secondary N) is 1. The Bertz CT molecular complexity index is 1830. The van der Waals surface area contributed by atoms with Gasteiger partial charge in [0.2, 0.25) is 5.91 Å². The van der Waals surface area contributed by atoms with E-state index in [1.54, 1.807) is 42.7 Å². The number of hydrogen-bond acceptors (Lipinski definition) is 6. The molecule has 8 nitrogen and oxygen atoms in total. The Hall–Kier alpha value is -5.38. The van der Waals surface area contributed by atoms with Crippen molar-refractivity contribution in [1.29, 1.82) is 0 Å². The molecule has 3 aromatic heterocycles. The molecule has 0 radical (unpaired) electrons. The molecule has 1 fully saturated rings. The van der Waals surface area contributed by atoms with E-state index < -0.39 is 5.92 Å². The standard InChI is InChI=1S/C34H29F2N5O3/c35-34(36)12-15-41(16-13-34)33(43)24-8-6-23(7-9-24)25-17-26-18-27(44-32(26)28(19-25)29-3-1-2-14-38-29)21-40-31(42)11-5-22-4-10-30(37)39-20-22/h1-11,14,17-20H,12-13,15-16,21H2,(H2,37,39)(H,40,42). The predicted octanol–water partition coefficient (Wildman–Crippen LogP) is 6.34. The number of amides is 2. The van der Waals surface area contributed by atoms with Crippen molar-refractivity contribution in [2.75, 3.05) is 18.8 Å². The molecule has 1 saturated heterocycles. The second kappa shape index (κ2) is 12.1. The summed E-state index contributed by atoms with van der Waals surface area (Å²) in [5.41, 5.74) is 10.7. The second-order valence-electron chi connectivity index (χ2n) is 10.7. The van der Waals surface area contributed by atoms with Gasteiger partial charge in [-0.25, -0.2) is 13.8 Å². The van der Waals surface area contributed by atoms with Gasteiger partial charge in [0.15, 0.2) is 0 Å². The van der Waals surface area contributed by atoms with Gasteiger partial charge in [-0.15, -0.1) is 0 Å². The minimum absolute atomic E-state index is 0.0390. The number of hydrogen-bond donors (Lipinski definition) is 2. The fraction of sp³-hybridized carbons (Fsp3) is 0.176. The molecule has 0 bridgehead atoms. The fourth-order valence-corrected chi connectivity index (χ4v) is 5.12. The molecule has 2 amide bonds. The Morgan fingerprint density at radius 2 is 1.77 bits per heavy atom. The van der Waals surface area contributed by atoms with Crippen LogP contribution < -0.4 is 11.1 Å². The maximum absolute atomic E-state index is 13.6. The average molecular weight is 594 g/mol. The van der Waals surface area contributed by atoms with Crippen molar-refractivity contribution in [3.8, 4) is 22.4 Å². The number of anilines is 1. The van der Waals surface area contributed by atoms with E-state index in [0.29, 0.717) is 22.7 Å². The number of halogens is 2. The number of carbonyl (C=O) groups excluding carboxylic acids is 2. The molecule has 0 saturated carbocycles. The zero-order chi connectivity index (χ0) is 30.7. The lowest BCUT2D eigenvalue weighted by atomic mass is 9.97. The number of fused-ring (bicyclic) bond motifs is 1. The second-order valence-corrected chi connectivity index (χ2v) is 10.7. The predicted molar refractivity (Wildman–Crippen MR) is 164 cm³/mol. The molecule has 44 heavy (non-hydrogen) atoms. The van der Waals surface area contributed by atoms with Gasteiger partial charge in [0, 0.05) is 60.9 Å². The fourth-order valence-electron chi connectivity index (χ4n) is 5.12. The van der Waals surface area contributed by atoms with Crippen molar-refractivity contribution in [2.45, 2.75) is 25.3 Å². The van der Waals surface area contributed by atoms with Crippen LogP contribution in [0, 0.1) is 0 Å². The first-order chi connectivity index (χ1) is 21.2. The number of likely N-dealkylation sites (tertiary alicyclic amines) is 1. The third-order valence-corrected chi connectivity index (χ3v) is 7.53. The smallest absolute Gasteiger partial charge is 0.253 e. The number of nitrogens with two attached hydrogens (primary N) is 1. The lowest BCUT2D eigenvalue weighted by Crippen LogP contribution is -2.42. The highest BCUT2D eigenvalue weighted by Crippen LogP contribution is 2.35. The van der Waals surface area contributed by atoms with Crippen LogP contribution in [0.5, 0.6) is 0 Å². The van der Waals surface area contributed by atoms with Gasteiger partial charge in [-0.3, -0.25) is 14.6 Å². The lowest BCUT2D eigenvalue weighted by molar-refractivity contribution is -0.116. The number of pyridine rings is 2. The van der Waals surface area contributed by atoms with E-state index in [1.807, 2.05) is 48.5 Å². The zero-order valence-electron chi connectivity index (χ0n) is 23.7. The van der Waals surface area contributed by atoms with Crippen molar-refractivity contribution >= 4 is 34.7 Å². The minimum Gasteiger partial charge on any atom is -0.458 e. The largest absolute Gasteiger partial charge is 0.458 e. The van der Waals surface area contributed by atoms with Gasteiger partial charge in [0.1, 0.15) is 17.2 Å². The van der Waals surface area contributed by atoms with E-state index in [2.05, 4.69) is 15.3 Å². The molecular weight excluding hydrogens is 564 g/mol. The maximum Gasteiger partial charge on any atom is 0.253 e. The van der Waals surface area contributed by atoms with Gasteiger partial charge < -0.3 is 20.4 Å². The Balaban J connectivity index is 1.23. The van der Waals surface area contributed by atoms with Crippen molar-refractivity contribution in [3.63, 3.8) is 0 Å². The van der Waals surface area contributed by atoms with Crippen molar-refractivity contribution < 1.29 is 22.8 Å². The summed E-state index contributed by atoms with van der Waals surface area (Å²) in [5, 5.41) is 3.66. The molecule has 0 spiro atoms. The highest BCUT2D eigenvalue weighted by Gasteiger charge is 2.35. The molecule has 222 valence electrons. The van der Waals surface area contributed by atoms with Gasteiger partial charge in [-0.05, 0) is 77.4 Å². The van der Waals surface area contributed by atoms with E-state index in [-0.39, 0.29) is 44.3 Å². The molecule has 4 heterocycles. The molecule has 0 atom stereocenters. The van der Waals surface area contributed by atoms with Crippen LogP contribution in [-0.4, -0.2) is 45.7 Å². The highest BCUT2D eigenvalue weighted by molar-refractivity contribution is 5.98.